The number of benzene rings is 1. The van der Waals surface area contributed by atoms with Crippen LogP contribution in [0.5, 0.6) is 0 Å². The quantitative estimate of drug-likeness (QED) is 0.0632. The standard InChI is InChI=1S/C36H59NO5/c1-2-3-4-5-11-16-24-33-34(42-33)25-17-12-9-13-18-26-35(38)37-31-22-20-21-30(28-31)36(39)40-27-19-14-8-6-7-10-15-23-32-29-41-32/h20-22,28,32-34H,2-19,23-27,29H2,1H3,(H,37,38). The number of ether oxygens (including phenoxy) is 3. The van der Waals surface area contributed by atoms with Crippen LogP contribution in [0.1, 0.15) is 159 Å². The number of carbonyl (C=O) groups is 2. The molecule has 0 aliphatic carbocycles. The highest BCUT2D eigenvalue weighted by atomic mass is 16.6. The second kappa shape index (κ2) is 21.7. The summed E-state index contributed by atoms with van der Waals surface area (Å²) in [5.74, 6) is -0.316. The molecule has 2 aliphatic rings. The first-order valence-electron chi connectivity index (χ1n) is 17.5. The van der Waals surface area contributed by atoms with Crippen LogP contribution in [-0.2, 0) is 19.0 Å². The van der Waals surface area contributed by atoms with Gasteiger partial charge >= 0.3 is 5.97 Å². The van der Waals surface area contributed by atoms with Gasteiger partial charge in [0.25, 0.3) is 0 Å². The van der Waals surface area contributed by atoms with Gasteiger partial charge in [0.05, 0.1) is 37.1 Å². The van der Waals surface area contributed by atoms with E-state index in [1.807, 2.05) is 6.07 Å². The first kappa shape index (κ1) is 34.6. The molecule has 1 aromatic rings. The van der Waals surface area contributed by atoms with Crippen molar-refractivity contribution in [3.05, 3.63) is 29.8 Å². The molecule has 6 heteroatoms. The van der Waals surface area contributed by atoms with Crippen LogP contribution in [0.15, 0.2) is 24.3 Å². The fourth-order valence-corrected chi connectivity index (χ4v) is 5.76. The average molecular weight is 586 g/mol. The topological polar surface area (TPSA) is 80.5 Å². The number of nitrogens with one attached hydrogen (secondary N) is 1. The molecule has 0 radical (unpaired) electrons. The summed E-state index contributed by atoms with van der Waals surface area (Å²) in [7, 11) is 0. The molecule has 3 unspecified atom stereocenters. The normalized spacial score (nSPS) is 19.0. The maximum Gasteiger partial charge on any atom is 0.338 e. The van der Waals surface area contributed by atoms with Gasteiger partial charge in [0.2, 0.25) is 5.91 Å². The van der Waals surface area contributed by atoms with Crippen molar-refractivity contribution in [1.82, 2.24) is 0 Å². The molecule has 0 spiro atoms. The minimum Gasteiger partial charge on any atom is -0.462 e. The maximum atomic E-state index is 12.4. The van der Waals surface area contributed by atoms with E-state index in [0.717, 1.165) is 32.3 Å². The zero-order chi connectivity index (χ0) is 29.7. The second-order valence-electron chi connectivity index (χ2n) is 12.6. The molecule has 3 atom stereocenters. The van der Waals surface area contributed by atoms with Gasteiger partial charge in [-0.15, -0.1) is 0 Å². The van der Waals surface area contributed by atoms with Crippen molar-refractivity contribution < 1.29 is 23.8 Å². The number of unbranched alkanes of at least 4 members (excludes halogenated alkanes) is 15. The molecule has 0 aromatic heterocycles. The highest BCUT2D eigenvalue weighted by Crippen LogP contribution is 2.32. The molecule has 6 nitrogen and oxygen atoms in total. The van der Waals surface area contributed by atoms with Gasteiger partial charge in [0, 0.05) is 12.1 Å². The minimum absolute atomic E-state index is 0.00491. The van der Waals surface area contributed by atoms with E-state index >= 15 is 0 Å². The van der Waals surface area contributed by atoms with Crippen molar-refractivity contribution in [1.29, 1.82) is 0 Å². The van der Waals surface area contributed by atoms with Gasteiger partial charge in [-0.25, -0.2) is 4.79 Å². The summed E-state index contributed by atoms with van der Waals surface area (Å²) >= 11 is 0. The van der Waals surface area contributed by atoms with E-state index in [-0.39, 0.29) is 11.9 Å². The number of hydrogen-bond donors (Lipinski definition) is 1. The number of hydrogen-bond acceptors (Lipinski definition) is 5. The van der Waals surface area contributed by atoms with E-state index in [4.69, 9.17) is 14.2 Å². The van der Waals surface area contributed by atoms with Crippen LogP contribution in [0, 0.1) is 0 Å². The van der Waals surface area contributed by atoms with Crippen LogP contribution < -0.4 is 5.32 Å². The molecule has 238 valence electrons. The maximum absolute atomic E-state index is 12.4. The van der Waals surface area contributed by atoms with Crippen molar-refractivity contribution in [3.8, 4) is 0 Å². The summed E-state index contributed by atoms with van der Waals surface area (Å²) in [5.41, 5.74) is 1.14. The third-order valence-electron chi connectivity index (χ3n) is 8.61. The number of anilines is 1. The highest BCUT2D eigenvalue weighted by molar-refractivity contribution is 5.94. The van der Waals surface area contributed by atoms with Gasteiger partial charge in [-0.1, -0.05) is 116 Å². The molecule has 0 bridgehead atoms. The van der Waals surface area contributed by atoms with Crippen molar-refractivity contribution in [3.63, 3.8) is 0 Å². The monoisotopic (exact) mass is 585 g/mol. The summed E-state index contributed by atoms with van der Waals surface area (Å²) in [6, 6.07) is 7.08. The lowest BCUT2D eigenvalue weighted by atomic mass is 10.0. The molecule has 2 saturated heterocycles. The van der Waals surface area contributed by atoms with Crippen LogP contribution >= 0.6 is 0 Å². The first-order valence-corrected chi connectivity index (χ1v) is 17.5. The van der Waals surface area contributed by atoms with E-state index in [1.54, 1.807) is 18.2 Å². The number of carbonyl (C=O) groups excluding carboxylic acids is 2. The van der Waals surface area contributed by atoms with Crippen LogP contribution in [0.4, 0.5) is 5.69 Å². The Morgan fingerprint density at radius 2 is 1.33 bits per heavy atom. The Balaban J connectivity index is 1.12. The molecule has 3 rings (SSSR count). The third-order valence-corrected chi connectivity index (χ3v) is 8.61. The molecular formula is C36H59NO5. The summed E-state index contributed by atoms with van der Waals surface area (Å²) in [6.45, 7) is 3.68. The van der Waals surface area contributed by atoms with Gasteiger partial charge in [0.15, 0.2) is 0 Å². The first-order chi connectivity index (χ1) is 20.7. The average Bonchev–Trinajstić information content (AvgIpc) is 3.93. The Labute approximate surface area is 256 Å². The van der Waals surface area contributed by atoms with Gasteiger partial charge in [-0.2, -0.15) is 0 Å². The van der Waals surface area contributed by atoms with Crippen molar-refractivity contribution in [2.75, 3.05) is 18.5 Å². The summed E-state index contributed by atoms with van der Waals surface area (Å²) in [4.78, 5) is 24.9. The van der Waals surface area contributed by atoms with E-state index in [9.17, 15) is 9.59 Å². The number of esters is 1. The van der Waals surface area contributed by atoms with Crippen LogP contribution in [0.2, 0.25) is 0 Å². The molecule has 2 fully saturated rings. The zero-order valence-corrected chi connectivity index (χ0v) is 26.6. The van der Waals surface area contributed by atoms with E-state index in [2.05, 4.69) is 12.2 Å². The number of rotatable bonds is 27. The lowest BCUT2D eigenvalue weighted by Gasteiger charge is -2.08. The van der Waals surface area contributed by atoms with Crippen molar-refractivity contribution in [2.24, 2.45) is 0 Å². The highest BCUT2D eigenvalue weighted by Gasteiger charge is 2.36. The van der Waals surface area contributed by atoms with Gasteiger partial charge in [-0.05, 0) is 50.3 Å². The van der Waals surface area contributed by atoms with Gasteiger partial charge < -0.3 is 19.5 Å². The summed E-state index contributed by atoms with van der Waals surface area (Å²) in [5, 5.41) is 2.94. The molecule has 1 N–H and O–H groups in total. The Hall–Kier alpha value is -1.92. The Morgan fingerprint density at radius 1 is 0.762 bits per heavy atom. The van der Waals surface area contributed by atoms with Crippen LogP contribution in [0.25, 0.3) is 0 Å². The Bertz CT molecular complexity index is 870. The fraction of sp³-hybridized carbons (Fsp3) is 0.778. The second-order valence-corrected chi connectivity index (χ2v) is 12.6. The fourth-order valence-electron chi connectivity index (χ4n) is 5.76. The SMILES string of the molecule is CCCCCCCCC1OC1CCCCCCCC(=O)Nc1cccc(C(=O)OCCCCCCCCCC2CO2)c1. The number of amides is 1. The minimum atomic E-state index is -0.321. The van der Waals surface area contributed by atoms with Gasteiger partial charge in [-0.3, -0.25) is 4.79 Å². The third kappa shape index (κ3) is 16.6. The molecule has 2 heterocycles. The molecule has 2 aliphatic heterocycles. The van der Waals surface area contributed by atoms with Crippen molar-refractivity contribution >= 4 is 17.6 Å². The largest absolute Gasteiger partial charge is 0.462 e. The van der Waals surface area contributed by atoms with Crippen LogP contribution in [-0.4, -0.2) is 43.4 Å². The molecule has 0 saturated carbocycles. The molecule has 1 amide bonds. The van der Waals surface area contributed by atoms with Crippen LogP contribution in [0.3, 0.4) is 0 Å². The van der Waals surface area contributed by atoms with E-state index < -0.39 is 0 Å². The lowest BCUT2D eigenvalue weighted by molar-refractivity contribution is -0.116. The Morgan fingerprint density at radius 3 is 1.98 bits per heavy atom. The molecule has 1 aromatic carbocycles. The predicted octanol–water partition coefficient (Wildman–Crippen LogP) is 9.55. The Kier molecular flexibility index (Phi) is 17.9. The van der Waals surface area contributed by atoms with Crippen molar-refractivity contribution in [2.45, 2.75) is 166 Å². The van der Waals surface area contributed by atoms with E-state index in [0.29, 0.717) is 42.6 Å². The number of epoxide rings is 2. The zero-order valence-electron chi connectivity index (χ0n) is 26.6. The molecule has 42 heavy (non-hydrogen) atoms. The lowest BCUT2D eigenvalue weighted by Crippen LogP contribution is -2.12. The molecular weight excluding hydrogens is 526 g/mol. The van der Waals surface area contributed by atoms with Gasteiger partial charge in [0.1, 0.15) is 0 Å². The smallest absolute Gasteiger partial charge is 0.338 e. The predicted molar refractivity (Wildman–Crippen MR) is 171 cm³/mol. The van der Waals surface area contributed by atoms with E-state index in [1.165, 1.54) is 109 Å². The summed E-state index contributed by atoms with van der Waals surface area (Å²) < 4.78 is 16.6. The summed E-state index contributed by atoms with van der Waals surface area (Å²) in [6.07, 6.45) is 27.7.